The molecular weight excluding hydrogens is 395 g/mol. The number of aryl methyl sites for hydroxylation is 1. The van der Waals surface area contributed by atoms with Gasteiger partial charge in [-0.3, -0.25) is 10.1 Å². The molecule has 0 fully saturated rings. The van der Waals surface area contributed by atoms with E-state index in [1.165, 1.54) is 0 Å². The van der Waals surface area contributed by atoms with Gasteiger partial charge in [0.1, 0.15) is 5.69 Å². The lowest BCUT2D eigenvalue weighted by Crippen LogP contribution is -2.29. The Morgan fingerprint density at radius 2 is 1.93 bits per heavy atom. The molecular formula is C14H18F3N3O6S. The first kappa shape index (κ1) is 21.2. The predicted molar refractivity (Wildman–Crippen MR) is 87.9 cm³/mol. The Labute approximate surface area is 152 Å². The molecule has 1 aromatic heterocycles. The van der Waals surface area contributed by atoms with Gasteiger partial charge in [0.25, 0.3) is 0 Å². The van der Waals surface area contributed by atoms with Gasteiger partial charge < -0.3 is 14.6 Å². The zero-order chi connectivity index (χ0) is 20.2. The second-order valence-electron chi connectivity index (χ2n) is 5.87. The molecule has 0 radical (unpaired) electrons. The van der Waals surface area contributed by atoms with Crippen molar-refractivity contribution in [3.8, 4) is 5.88 Å². The molecule has 1 aliphatic carbocycles. The van der Waals surface area contributed by atoms with Gasteiger partial charge in [0.05, 0.1) is 10.6 Å². The molecule has 27 heavy (non-hydrogen) atoms. The molecule has 0 saturated carbocycles. The van der Waals surface area contributed by atoms with Crippen LogP contribution < -0.4 is 9.50 Å². The van der Waals surface area contributed by atoms with Gasteiger partial charge in [-0.05, 0) is 32.1 Å². The molecule has 2 rings (SSSR count). The van der Waals surface area contributed by atoms with E-state index >= 15 is 0 Å². The number of nitrogens with one attached hydrogen (secondary N) is 1. The number of hydrogen-bond acceptors (Lipinski definition) is 8. The molecule has 1 aromatic rings. The molecule has 1 aliphatic rings. The van der Waals surface area contributed by atoms with Crippen LogP contribution in [0.3, 0.4) is 0 Å². The standard InChI is InChI=1S/C14H18F3N3O6S/c15-14(16,17)27(24,25)26-13-12(20(22)23)11(18-7-4-8-21)9-5-2-1-3-6-10(9)19-13/h21H,1-8H2,(H,18,19). The minimum absolute atomic E-state index is 0.0965. The van der Waals surface area contributed by atoms with E-state index in [4.69, 9.17) is 5.11 Å². The van der Waals surface area contributed by atoms with Crippen molar-refractivity contribution >= 4 is 21.5 Å². The Bertz CT molecular complexity index is 813. The number of aromatic nitrogens is 1. The number of rotatable bonds is 7. The molecule has 13 heteroatoms. The van der Waals surface area contributed by atoms with E-state index < -0.39 is 32.1 Å². The zero-order valence-electron chi connectivity index (χ0n) is 14.1. The van der Waals surface area contributed by atoms with Crippen molar-refractivity contribution in [1.82, 2.24) is 4.98 Å². The van der Waals surface area contributed by atoms with Crippen molar-refractivity contribution in [1.29, 1.82) is 0 Å². The van der Waals surface area contributed by atoms with Crippen LogP contribution in [0.2, 0.25) is 0 Å². The highest BCUT2D eigenvalue weighted by Crippen LogP contribution is 2.41. The summed E-state index contributed by atoms with van der Waals surface area (Å²) in [5.74, 6) is -1.22. The number of alkyl halides is 3. The van der Waals surface area contributed by atoms with Gasteiger partial charge in [0.15, 0.2) is 0 Å². The summed E-state index contributed by atoms with van der Waals surface area (Å²) >= 11 is 0. The monoisotopic (exact) mass is 413 g/mol. The Hall–Kier alpha value is -2.15. The number of aliphatic hydroxyl groups is 1. The summed E-state index contributed by atoms with van der Waals surface area (Å²) < 4.78 is 64.7. The fraction of sp³-hybridized carbons (Fsp3) is 0.643. The zero-order valence-corrected chi connectivity index (χ0v) is 14.9. The topological polar surface area (TPSA) is 132 Å². The van der Waals surface area contributed by atoms with Crippen molar-refractivity contribution in [2.24, 2.45) is 0 Å². The average Bonchev–Trinajstić information content (AvgIpc) is 2.78. The second kappa shape index (κ2) is 8.25. The van der Waals surface area contributed by atoms with Gasteiger partial charge >= 0.3 is 27.2 Å². The van der Waals surface area contributed by atoms with Crippen molar-refractivity contribution in [2.45, 2.75) is 44.0 Å². The van der Waals surface area contributed by atoms with E-state index in [2.05, 4.69) is 14.5 Å². The van der Waals surface area contributed by atoms with Crippen LogP contribution in [0.4, 0.5) is 24.5 Å². The van der Waals surface area contributed by atoms with Gasteiger partial charge in [-0.2, -0.15) is 21.6 Å². The maximum Gasteiger partial charge on any atom is 0.534 e. The molecule has 0 bridgehead atoms. The number of fused-ring (bicyclic) bond motifs is 1. The minimum Gasteiger partial charge on any atom is -0.396 e. The summed E-state index contributed by atoms with van der Waals surface area (Å²) in [7, 11) is -6.12. The third-order valence-electron chi connectivity index (χ3n) is 3.96. The van der Waals surface area contributed by atoms with Crippen LogP contribution in [-0.2, 0) is 23.0 Å². The fourth-order valence-electron chi connectivity index (χ4n) is 2.75. The van der Waals surface area contributed by atoms with Crippen LogP contribution in [0.1, 0.15) is 36.9 Å². The highest BCUT2D eigenvalue weighted by molar-refractivity contribution is 7.88. The van der Waals surface area contributed by atoms with Crippen LogP contribution in [0.5, 0.6) is 5.88 Å². The van der Waals surface area contributed by atoms with Crippen LogP contribution >= 0.6 is 0 Å². The van der Waals surface area contributed by atoms with Gasteiger partial charge in [0.2, 0.25) is 0 Å². The summed E-state index contributed by atoms with van der Waals surface area (Å²) in [6.07, 6.45) is 3.09. The minimum atomic E-state index is -6.12. The highest BCUT2D eigenvalue weighted by Gasteiger charge is 2.50. The molecule has 2 N–H and O–H groups in total. The Morgan fingerprint density at radius 1 is 1.26 bits per heavy atom. The molecule has 0 saturated heterocycles. The highest BCUT2D eigenvalue weighted by atomic mass is 32.2. The van der Waals surface area contributed by atoms with Crippen LogP contribution in [0.15, 0.2) is 0 Å². The number of hydrogen-bond donors (Lipinski definition) is 2. The van der Waals surface area contributed by atoms with Crippen molar-refractivity contribution in [2.75, 3.05) is 18.5 Å². The van der Waals surface area contributed by atoms with Gasteiger partial charge in [-0.1, -0.05) is 6.42 Å². The van der Waals surface area contributed by atoms with Crippen LogP contribution in [0.25, 0.3) is 0 Å². The maximum atomic E-state index is 12.7. The Kier molecular flexibility index (Phi) is 6.46. The molecule has 0 aliphatic heterocycles. The Balaban J connectivity index is 2.63. The van der Waals surface area contributed by atoms with Crippen molar-refractivity contribution < 1.29 is 35.8 Å². The number of pyridine rings is 1. The number of aliphatic hydroxyl groups excluding tert-OH is 1. The van der Waals surface area contributed by atoms with Crippen LogP contribution in [-0.4, -0.2) is 42.1 Å². The van der Waals surface area contributed by atoms with E-state index in [0.29, 0.717) is 31.2 Å². The molecule has 0 atom stereocenters. The van der Waals surface area contributed by atoms with Crippen molar-refractivity contribution in [3.63, 3.8) is 0 Å². The molecule has 1 heterocycles. The number of nitro groups is 1. The first-order valence-electron chi connectivity index (χ1n) is 8.14. The lowest BCUT2D eigenvalue weighted by atomic mass is 10.0. The predicted octanol–water partition coefficient (Wildman–Crippen LogP) is 2.28. The first-order chi connectivity index (χ1) is 12.6. The summed E-state index contributed by atoms with van der Waals surface area (Å²) in [5, 5.41) is 23.1. The van der Waals surface area contributed by atoms with E-state index in [1.807, 2.05) is 0 Å². The van der Waals surface area contributed by atoms with E-state index in [9.17, 15) is 31.7 Å². The second-order valence-corrected chi connectivity index (χ2v) is 7.41. The molecule has 0 unspecified atom stereocenters. The number of nitrogens with zero attached hydrogens (tertiary/aromatic N) is 2. The summed E-state index contributed by atoms with van der Waals surface area (Å²) in [6.45, 7) is -0.112. The van der Waals surface area contributed by atoms with Crippen molar-refractivity contribution in [3.05, 3.63) is 21.4 Å². The smallest absolute Gasteiger partial charge is 0.396 e. The first-order valence-corrected chi connectivity index (χ1v) is 9.55. The van der Waals surface area contributed by atoms with Gasteiger partial charge in [-0.15, -0.1) is 0 Å². The largest absolute Gasteiger partial charge is 0.534 e. The van der Waals surface area contributed by atoms with Crippen LogP contribution in [0, 0.1) is 10.1 Å². The van der Waals surface area contributed by atoms with E-state index in [-0.39, 0.29) is 31.0 Å². The summed E-state index contributed by atoms with van der Waals surface area (Å²) in [4.78, 5) is 14.2. The fourth-order valence-corrected chi connectivity index (χ4v) is 3.16. The van der Waals surface area contributed by atoms with E-state index in [1.54, 1.807) is 0 Å². The quantitative estimate of drug-likeness (QED) is 0.174. The lowest BCUT2D eigenvalue weighted by molar-refractivity contribution is -0.384. The van der Waals surface area contributed by atoms with Gasteiger partial charge in [0, 0.05) is 18.7 Å². The molecule has 0 amide bonds. The molecule has 0 aromatic carbocycles. The number of anilines is 1. The SMILES string of the molecule is O=[N+]([O-])c1c(OS(=O)(=O)C(F)(F)F)nc2c(c1NCCCO)CCCCC2. The average molecular weight is 413 g/mol. The number of halogens is 3. The van der Waals surface area contributed by atoms with E-state index in [0.717, 1.165) is 6.42 Å². The maximum absolute atomic E-state index is 12.7. The van der Waals surface area contributed by atoms with Gasteiger partial charge in [-0.25, -0.2) is 4.98 Å². The molecule has 9 nitrogen and oxygen atoms in total. The summed E-state index contributed by atoms with van der Waals surface area (Å²) in [6, 6.07) is 0. The summed E-state index contributed by atoms with van der Waals surface area (Å²) in [5.41, 5.74) is -6.13. The Morgan fingerprint density at radius 3 is 2.52 bits per heavy atom. The molecule has 0 spiro atoms. The third-order valence-corrected chi connectivity index (χ3v) is 4.90. The third kappa shape index (κ3) is 4.77. The lowest BCUT2D eigenvalue weighted by Gasteiger charge is -2.17. The molecule has 152 valence electrons. The normalized spacial score (nSPS) is 15.0.